The molecular formula is C20H21NO5. The van der Waals surface area contributed by atoms with Gasteiger partial charge in [0.2, 0.25) is 5.91 Å². The Hall–Kier alpha value is -3.28. The van der Waals surface area contributed by atoms with Gasteiger partial charge in [-0.15, -0.1) is 0 Å². The third-order valence-electron chi connectivity index (χ3n) is 3.41. The van der Waals surface area contributed by atoms with Crippen molar-refractivity contribution in [1.82, 2.24) is 0 Å². The van der Waals surface area contributed by atoms with Gasteiger partial charge in [-0.3, -0.25) is 4.79 Å². The van der Waals surface area contributed by atoms with Crippen LogP contribution in [0.4, 0.5) is 5.69 Å². The van der Waals surface area contributed by atoms with Crippen LogP contribution in [0.3, 0.4) is 0 Å². The molecule has 0 aliphatic carbocycles. The molecule has 0 saturated heterocycles. The molecule has 0 fully saturated rings. The van der Waals surface area contributed by atoms with Crippen LogP contribution in [0.1, 0.15) is 29.8 Å². The molecule has 0 heterocycles. The number of carboxylic acid groups (broad SMARTS) is 1. The number of ether oxygens (including phenoxy) is 2. The van der Waals surface area contributed by atoms with E-state index in [9.17, 15) is 9.59 Å². The molecule has 0 aromatic heterocycles. The minimum atomic E-state index is -1.10. The van der Waals surface area contributed by atoms with Gasteiger partial charge in [0, 0.05) is 6.08 Å². The smallest absolute Gasteiger partial charge is 0.337 e. The molecular weight excluding hydrogens is 334 g/mol. The molecule has 0 aliphatic heterocycles. The zero-order chi connectivity index (χ0) is 18.9. The van der Waals surface area contributed by atoms with Gasteiger partial charge in [-0.25, -0.2) is 4.79 Å². The zero-order valence-electron chi connectivity index (χ0n) is 14.7. The number of hydrogen-bond donors (Lipinski definition) is 2. The van der Waals surface area contributed by atoms with E-state index < -0.39 is 11.9 Å². The minimum Gasteiger partial charge on any atom is -0.490 e. The predicted octanol–water partition coefficient (Wildman–Crippen LogP) is 3.83. The van der Waals surface area contributed by atoms with E-state index in [4.69, 9.17) is 14.6 Å². The normalized spacial score (nSPS) is 10.5. The molecule has 1 amide bonds. The Morgan fingerprint density at radius 2 is 1.73 bits per heavy atom. The molecule has 2 rings (SSSR count). The van der Waals surface area contributed by atoms with Crippen LogP contribution in [-0.2, 0) is 4.79 Å². The second-order valence-electron chi connectivity index (χ2n) is 5.25. The lowest BCUT2D eigenvalue weighted by atomic mass is 10.1. The molecule has 0 aliphatic rings. The van der Waals surface area contributed by atoms with Crippen LogP contribution in [0.25, 0.3) is 6.08 Å². The van der Waals surface area contributed by atoms with Gasteiger partial charge in [0.1, 0.15) is 0 Å². The number of nitrogens with one attached hydrogen (secondary N) is 1. The van der Waals surface area contributed by atoms with E-state index in [2.05, 4.69) is 5.32 Å². The van der Waals surface area contributed by atoms with Gasteiger partial charge in [0.25, 0.3) is 0 Å². The minimum absolute atomic E-state index is 0.0361. The number of amides is 1. The van der Waals surface area contributed by atoms with Crippen molar-refractivity contribution in [3.05, 3.63) is 59.7 Å². The Morgan fingerprint density at radius 1 is 1.04 bits per heavy atom. The molecule has 136 valence electrons. The summed E-state index contributed by atoms with van der Waals surface area (Å²) in [5.74, 6) is -0.275. The van der Waals surface area contributed by atoms with Gasteiger partial charge in [-0.05, 0) is 49.8 Å². The second kappa shape index (κ2) is 9.27. The predicted molar refractivity (Wildman–Crippen MR) is 99.8 cm³/mol. The number of para-hydroxylation sites is 1. The van der Waals surface area contributed by atoms with Crippen molar-refractivity contribution in [2.24, 2.45) is 0 Å². The Bertz CT molecular complexity index is 814. The van der Waals surface area contributed by atoms with Gasteiger partial charge in [0.05, 0.1) is 24.5 Å². The lowest BCUT2D eigenvalue weighted by molar-refractivity contribution is -0.111. The van der Waals surface area contributed by atoms with E-state index in [1.54, 1.807) is 36.4 Å². The Balaban J connectivity index is 2.13. The number of carboxylic acids is 1. The Morgan fingerprint density at radius 3 is 2.42 bits per heavy atom. The number of benzene rings is 2. The number of carbonyl (C=O) groups is 2. The molecule has 2 N–H and O–H groups in total. The van der Waals surface area contributed by atoms with Crippen LogP contribution in [0.15, 0.2) is 48.5 Å². The fourth-order valence-corrected chi connectivity index (χ4v) is 2.30. The molecule has 0 unspecified atom stereocenters. The van der Waals surface area contributed by atoms with Gasteiger partial charge in [-0.1, -0.05) is 18.2 Å². The Labute approximate surface area is 152 Å². The molecule has 0 radical (unpaired) electrons. The summed E-state index contributed by atoms with van der Waals surface area (Å²) in [6.07, 6.45) is 2.96. The third kappa shape index (κ3) is 5.11. The summed E-state index contributed by atoms with van der Waals surface area (Å²) in [4.78, 5) is 23.3. The summed E-state index contributed by atoms with van der Waals surface area (Å²) in [5, 5.41) is 11.7. The van der Waals surface area contributed by atoms with E-state index in [1.165, 1.54) is 12.1 Å². The third-order valence-corrected chi connectivity index (χ3v) is 3.41. The lowest BCUT2D eigenvalue weighted by Crippen LogP contribution is -2.11. The van der Waals surface area contributed by atoms with E-state index >= 15 is 0 Å². The standard InChI is InChI=1S/C20H21NO5/c1-3-25-17-11-9-14(13-18(17)26-4-2)10-12-19(22)21-16-8-6-5-7-15(16)20(23)24/h5-13H,3-4H2,1-2H3,(H,21,22)(H,23,24). The average Bonchev–Trinajstić information content (AvgIpc) is 2.62. The van der Waals surface area contributed by atoms with Gasteiger partial charge in [0.15, 0.2) is 11.5 Å². The topological polar surface area (TPSA) is 84.9 Å². The molecule has 0 atom stereocenters. The van der Waals surface area contributed by atoms with Crippen molar-refractivity contribution < 1.29 is 24.2 Å². The van der Waals surface area contributed by atoms with Crippen molar-refractivity contribution >= 4 is 23.6 Å². The molecule has 0 spiro atoms. The summed E-state index contributed by atoms with van der Waals surface area (Å²) >= 11 is 0. The molecule has 6 nitrogen and oxygen atoms in total. The first-order valence-electron chi connectivity index (χ1n) is 8.26. The largest absolute Gasteiger partial charge is 0.490 e. The highest BCUT2D eigenvalue weighted by molar-refractivity contribution is 6.06. The molecule has 0 bridgehead atoms. The molecule has 6 heteroatoms. The first kappa shape index (κ1) is 19.1. The highest BCUT2D eigenvalue weighted by atomic mass is 16.5. The van der Waals surface area contributed by atoms with Gasteiger partial charge >= 0.3 is 5.97 Å². The number of anilines is 1. The number of hydrogen-bond acceptors (Lipinski definition) is 4. The van der Waals surface area contributed by atoms with Gasteiger partial charge < -0.3 is 19.9 Å². The maximum absolute atomic E-state index is 12.1. The van der Waals surface area contributed by atoms with Crippen LogP contribution in [-0.4, -0.2) is 30.2 Å². The average molecular weight is 355 g/mol. The first-order chi connectivity index (χ1) is 12.5. The van der Waals surface area contributed by atoms with Crippen molar-refractivity contribution in [3.8, 4) is 11.5 Å². The summed E-state index contributed by atoms with van der Waals surface area (Å²) in [5.41, 5.74) is 1.05. The van der Waals surface area contributed by atoms with Crippen LogP contribution in [0.2, 0.25) is 0 Å². The van der Waals surface area contributed by atoms with E-state index in [0.717, 1.165) is 5.56 Å². The zero-order valence-corrected chi connectivity index (χ0v) is 14.7. The molecule has 26 heavy (non-hydrogen) atoms. The monoisotopic (exact) mass is 355 g/mol. The van der Waals surface area contributed by atoms with Crippen molar-refractivity contribution in [3.63, 3.8) is 0 Å². The maximum Gasteiger partial charge on any atom is 0.337 e. The number of aromatic carboxylic acids is 1. The van der Waals surface area contributed by atoms with Crippen molar-refractivity contribution in [2.45, 2.75) is 13.8 Å². The quantitative estimate of drug-likeness (QED) is 0.703. The summed E-state index contributed by atoms with van der Waals surface area (Å²) in [6, 6.07) is 11.6. The van der Waals surface area contributed by atoms with Gasteiger partial charge in [-0.2, -0.15) is 0 Å². The molecule has 2 aromatic carbocycles. The molecule has 2 aromatic rings. The van der Waals surface area contributed by atoms with Crippen LogP contribution >= 0.6 is 0 Å². The first-order valence-corrected chi connectivity index (χ1v) is 8.26. The van der Waals surface area contributed by atoms with E-state index in [1.807, 2.05) is 19.9 Å². The van der Waals surface area contributed by atoms with E-state index in [-0.39, 0.29) is 11.3 Å². The fraction of sp³-hybridized carbons (Fsp3) is 0.200. The van der Waals surface area contributed by atoms with Crippen molar-refractivity contribution in [2.75, 3.05) is 18.5 Å². The number of rotatable bonds is 8. The lowest BCUT2D eigenvalue weighted by Gasteiger charge is -2.11. The van der Waals surface area contributed by atoms with Crippen LogP contribution < -0.4 is 14.8 Å². The Kier molecular flexibility index (Phi) is 6.79. The SMILES string of the molecule is CCOc1ccc(C=CC(=O)Nc2ccccc2C(=O)O)cc1OCC. The summed E-state index contributed by atoms with van der Waals surface area (Å²) in [6.45, 7) is 4.80. The van der Waals surface area contributed by atoms with Crippen molar-refractivity contribution in [1.29, 1.82) is 0 Å². The summed E-state index contributed by atoms with van der Waals surface area (Å²) < 4.78 is 11.1. The summed E-state index contributed by atoms with van der Waals surface area (Å²) in [7, 11) is 0. The maximum atomic E-state index is 12.1. The van der Waals surface area contributed by atoms with E-state index in [0.29, 0.717) is 24.7 Å². The highest BCUT2D eigenvalue weighted by Crippen LogP contribution is 2.29. The number of carbonyl (C=O) groups excluding carboxylic acids is 1. The van der Waals surface area contributed by atoms with Crippen LogP contribution in [0.5, 0.6) is 11.5 Å². The van der Waals surface area contributed by atoms with Crippen LogP contribution in [0, 0.1) is 0 Å². The fourth-order valence-electron chi connectivity index (χ4n) is 2.30. The second-order valence-corrected chi connectivity index (χ2v) is 5.25. The molecule has 0 saturated carbocycles. The highest BCUT2D eigenvalue weighted by Gasteiger charge is 2.10.